The number of nitrogens with zero attached hydrogens (tertiary/aromatic N) is 1. The summed E-state index contributed by atoms with van der Waals surface area (Å²) in [5.41, 5.74) is 0. The number of ether oxygens (including phenoxy) is 1. The number of methoxy groups -OCH3 is 1. The molecule has 0 aromatic carbocycles. The molecule has 1 saturated heterocycles. The molecule has 1 atom stereocenters. The molecule has 0 aromatic rings. The summed E-state index contributed by atoms with van der Waals surface area (Å²) in [6.45, 7) is 5.77. The second-order valence-corrected chi connectivity index (χ2v) is 5.91. The van der Waals surface area contributed by atoms with E-state index in [1.54, 1.807) is 0 Å². The predicted molar refractivity (Wildman–Crippen MR) is 68.8 cm³/mol. The van der Waals surface area contributed by atoms with Gasteiger partial charge < -0.3 is 9.64 Å². The number of carbonyl (C=O) groups excluding carboxylic acids is 1. The Morgan fingerprint density at radius 2 is 2.06 bits per heavy atom. The minimum Gasteiger partial charge on any atom is -0.469 e. The average Bonchev–Trinajstić information content (AvgIpc) is 2.30. The summed E-state index contributed by atoms with van der Waals surface area (Å²) in [5.74, 6) is 1.02. The fraction of sp³-hybridized carbons (Fsp3) is 0.917. The maximum Gasteiger partial charge on any atom is 0.306 e. The van der Waals surface area contributed by atoms with Gasteiger partial charge in [-0.2, -0.15) is 11.8 Å². The number of rotatable bonds is 6. The molecule has 1 heterocycles. The van der Waals surface area contributed by atoms with Gasteiger partial charge >= 0.3 is 5.97 Å². The van der Waals surface area contributed by atoms with Crippen molar-refractivity contribution in [2.24, 2.45) is 0 Å². The summed E-state index contributed by atoms with van der Waals surface area (Å²) < 4.78 is 4.65. The minimum atomic E-state index is -0.0991. The first kappa shape index (κ1) is 13.8. The van der Waals surface area contributed by atoms with E-state index in [1.807, 2.05) is 11.8 Å². The monoisotopic (exact) mass is 245 g/mol. The largest absolute Gasteiger partial charge is 0.469 e. The van der Waals surface area contributed by atoms with Crippen molar-refractivity contribution < 1.29 is 9.53 Å². The first-order valence-electron chi connectivity index (χ1n) is 6.13. The molecule has 1 aliphatic rings. The van der Waals surface area contributed by atoms with Crippen LogP contribution in [0.15, 0.2) is 0 Å². The molecule has 0 radical (unpaired) electrons. The predicted octanol–water partition coefficient (Wildman–Crippen LogP) is 2.16. The van der Waals surface area contributed by atoms with Gasteiger partial charge in [0.15, 0.2) is 0 Å². The van der Waals surface area contributed by atoms with E-state index in [4.69, 9.17) is 0 Å². The summed E-state index contributed by atoms with van der Waals surface area (Å²) in [4.78, 5) is 13.6. The summed E-state index contributed by atoms with van der Waals surface area (Å²) >= 11 is 1.87. The highest BCUT2D eigenvalue weighted by molar-refractivity contribution is 7.99. The number of hydrogen-bond acceptors (Lipinski definition) is 4. The van der Waals surface area contributed by atoms with Crippen LogP contribution in [-0.4, -0.2) is 48.6 Å². The van der Waals surface area contributed by atoms with Crippen molar-refractivity contribution in [1.29, 1.82) is 0 Å². The zero-order chi connectivity index (χ0) is 11.8. The van der Waals surface area contributed by atoms with Crippen LogP contribution in [0.2, 0.25) is 0 Å². The SMILES string of the molecule is COC(=O)CC(C)SCCN1CCCCC1. The summed E-state index contributed by atoms with van der Waals surface area (Å²) in [6.07, 6.45) is 4.62. The van der Waals surface area contributed by atoms with Crippen molar-refractivity contribution in [2.45, 2.75) is 37.9 Å². The smallest absolute Gasteiger partial charge is 0.306 e. The number of esters is 1. The normalized spacial score (nSPS) is 19.4. The Bertz CT molecular complexity index is 205. The molecular weight excluding hydrogens is 222 g/mol. The zero-order valence-electron chi connectivity index (χ0n) is 10.4. The van der Waals surface area contributed by atoms with E-state index in [0.717, 1.165) is 12.3 Å². The molecule has 1 rings (SSSR count). The summed E-state index contributed by atoms with van der Waals surface area (Å²) in [5, 5.41) is 0.372. The lowest BCUT2D eigenvalue weighted by molar-refractivity contribution is -0.140. The Kier molecular flexibility index (Phi) is 6.88. The fourth-order valence-corrected chi connectivity index (χ4v) is 2.96. The number of piperidine rings is 1. The molecular formula is C12H23NO2S. The van der Waals surface area contributed by atoms with Gasteiger partial charge in [-0.3, -0.25) is 4.79 Å². The topological polar surface area (TPSA) is 29.5 Å². The van der Waals surface area contributed by atoms with Gasteiger partial charge in [-0.25, -0.2) is 0 Å². The average molecular weight is 245 g/mol. The van der Waals surface area contributed by atoms with Gasteiger partial charge in [-0.15, -0.1) is 0 Å². The number of thioether (sulfide) groups is 1. The van der Waals surface area contributed by atoms with E-state index >= 15 is 0 Å². The molecule has 0 amide bonds. The minimum absolute atomic E-state index is 0.0991. The van der Waals surface area contributed by atoms with Gasteiger partial charge in [0.05, 0.1) is 13.5 Å². The molecule has 1 unspecified atom stereocenters. The van der Waals surface area contributed by atoms with Crippen LogP contribution in [0.1, 0.15) is 32.6 Å². The van der Waals surface area contributed by atoms with E-state index in [2.05, 4.69) is 16.6 Å². The van der Waals surface area contributed by atoms with Crippen LogP contribution in [-0.2, 0) is 9.53 Å². The van der Waals surface area contributed by atoms with Crippen LogP contribution in [0.3, 0.4) is 0 Å². The molecule has 0 N–H and O–H groups in total. The molecule has 4 heteroatoms. The lowest BCUT2D eigenvalue weighted by Crippen LogP contribution is -2.31. The summed E-state index contributed by atoms with van der Waals surface area (Å²) in [6, 6.07) is 0. The molecule has 0 bridgehead atoms. The molecule has 0 spiro atoms. The highest BCUT2D eigenvalue weighted by atomic mass is 32.2. The van der Waals surface area contributed by atoms with Crippen molar-refractivity contribution in [2.75, 3.05) is 32.5 Å². The number of carbonyl (C=O) groups is 1. The maximum atomic E-state index is 11.0. The second-order valence-electron chi connectivity index (χ2n) is 4.36. The van der Waals surface area contributed by atoms with E-state index < -0.39 is 0 Å². The number of likely N-dealkylation sites (tertiary alicyclic amines) is 1. The third-order valence-corrected chi connectivity index (χ3v) is 4.09. The Morgan fingerprint density at radius 1 is 1.38 bits per heavy atom. The third-order valence-electron chi connectivity index (χ3n) is 2.94. The molecule has 1 fully saturated rings. The lowest BCUT2D eigenvalue weighted by atomic mass is 10.1. The van der Waals surface area contributed by atoms with E-state index in [1.165, 1.54) is 39.5 Å². The third kappa shape index (κ3) is 5.75. The fourth-order valence-electron chi connectivity index (χ4n) is 1.94. The van der Waals surface area contributed by atoms with Crippen molar-refractivity contribution in [1.82, 2.24) is 4.90 Å². The maximum absolute atomic E-state index is 11.0. The molecule has 16 heavy (non-hydrogen) atoms. The molecule has 0 saturated carbocycles. The standard InChI is InChI=1S/C12H23NO2S/c1-11(10-12(14)15-2)16-9-8-13-6-4-3-5-7-13/h11H,3-10H2,1-2H3. The van der Waals surface area contributed by atoms with E-state index in [-0.39, 0.29) is 5.97 Å². The first-order valence-corrected chi connectivity index (χ1v) is 7.18. The van der Waals surface area contributed by atoms with Crippen molar-refractivity contribution >= 4 is 17.7 Å². The Labute approximate surface area is 103 Å². The quantitative estimate of drug-likeness (QED) is 0.671. The zero-order valence-corrected chi connectivity index (χ0v) is 11.2. The molecule has 3 nitrogen and oxygen atoms in total. The van der Waals surface area contributed by atoms with Gasteiger partial charge in [0, 0.05) is 17.5 Å². The Morgan fingerprint density at radius 3 is 2.69 bits per heavy atom. The van der Waals surface area contributed by atoms with Gasteiger partial charge in [0.1, 0.15) is 0 Å². The highest BCUT2D eigenvalue weighted by Gasteiger charge is 2.12. The van der Waals surface area contributed by atoms with Crippen LogP contribution in [0, 0.1) is 0 Å². The van der Waals surface area contributed by atoms with Gasteiger partial charge in [-0.1, -0.05) is 13.3 Å². The van der Waals surface area contributed by atoms with Crippen molar-refractivity contribution in [3.05, 3.63) is 0 Å². The van der Waals surface area contributed by atoms with Crippen LogP contribution < -0.4 is 0 Å². The molecule has 0 aliphatic carbocycles. The lowest BCUT2D eigenvalue weighted by Gasteiger charge is -2.26. The highest BCUT2D eigenvalue weighted by Crippen LogP contribution is 2.16. The van der Waals surface area contributed by atoms with Crippen LogP contribution in [0.5, 0.6) is 0 Å². The van der Waals surface area contributed by atoms with Crippen LogP contribution in [0.4, 0.5) is 0 Å². The molecule has 1 aliphatic heterocycles. The van der Waals surface area contributed by atoms with Crippen molar-refractivity contribution in [3.8, 4) is 0 Å². The molecule has 0 aromatic heterocycles. The van der Waals surface area contributed by atoms with E-state index in [9.17, 15) is 4.79 Å². The van der Waals surface area contributed by atoms with Crippen LogP contribution >= 0.6 is 11.8 Å². The van der Waals surface area contributed by atoms with E-state index in [0.29, 0.717) is 11.7 Å². The van der Waals surface area contributed by atoms with Gasteiger partial charge in [0.25, 0.3) is 0 Å². The van der Waals surface area contributed by atoms with Crippen molar-refractivity contribution in [3.63, 3.8) is 0 Å². The Balaban J connectivity index is 2.03. The Hall–Kier alpha value is -0.220. The summed E-state index contributed by atoms with van der Waals surface area (Å²) in [7, 11) is 1.45. The first-order chi connectivity index (χ1) is 7.72. The van der Waals surface area contributed by atoms with Crippen LogP contribution in [0.25, 0.3) is 0 Å². The van der Waals surface area contributed by atoms with Gasteiger partial charge in [0.2, 0.25) is 0 Å². The molecule has 94 valence electrons. The van der Waals surface area contributed by atoms with Gasteiger partial charge in [-0.05, 0) is 25.9 Å². The number of hydrogen-bond donors (Lipinski definition) is 0. The second kappa shape index (κ2) is 7.96.